The number of benzene rings is 3. The van der Waals surface area contributed by atoms with Crippen LogP contribution in [-0.2, 0) is 9.47 Å². The maximum Gasteiger partial charge on any atom is 0.214 e. The number of aryl methyl sites for hydroxylation is 1. The van der Waals surface area contributed by atoms with Crippen LogP contribution in [0.5, 0.6) is 0 Å². The normalized spacial score (nSPS) is 19.5. The molecule has 0 saturated carbocycles. The fraction of sp³-hybridized carbons (Fsp3) is 0.357. The summed E-state index contributed by atoms with van der Waals surface area (Å²) in [6, 6.07) is 24.1. The third-order valence-electron chi connectivity index (χ3n) is 6.44. The number of rotatable bonds is 7. The predicted molar refractivity (Wildman–Crippen MR) is 129 cm³/mol. The van der Waals surface area contributed by atoms with E-state index in [9.17, 15) is 10.1 Å². The zero-order valence-corrected chi connectivity index (χ0v) is 19.4. The van der Waals surface area contributed by atoms with E-state index in [4.69, 9.17) is 9.47 Å². The largest absolute Gasteiger partial charge is 0.340 e. The van der Waals surface area contributed by atoms with Gasteiger partial charge in [-0.2, -0.15) is 0 Å². The third-order valence-corrected chi connectivity index (χ3v) is 6.44. The van der Waals surface area contributed by atoms with Gasteiger partial charge in [-0.15, -0.1) is 0 Å². The summed E-state index contributed by atoms with van der Waals surface area (Å²) in [4.78, 5) is 11.4. The number of hydrogen-bond donors (Lipinski definition) is 0. The van der Waals surface area contributed by atoms with E-state index in [0.29, 0.717) is 0 Å². The van der Waals surface area contributed by atoms with Crippen molar-refractivity contribution >= 4 is 0 Å². The third kappa shape index (κ3) is 5.00. The van der Waals surface area contributed by atoms with Crippen molar-refractivity contribution < 1.29 is 14.4 Å². The van der Waals surface area contributed by atoms with Crippen molar-refractivity contribution in [3.05, 3.63) is 116 Å². The van der Waals surface area contributed by atoms with Crippen molar-refractivity contribution in [2.75, 3.05) is 6.54 Å². The monoisotopic (exact) mass is 445 g/mol. The SMILES string of the molecule is CC[C@@H]1OC(c2ccccc2[C@@H](C[N+](=O)[O-])c2ccc(C)cc2)O[C@@H](CC)c2ccccc21. The molecule has 3 aromatic rings. The quantitative estimate of drug-likeness (QED) is 0.289. The second kappa shape index (κ2) is 10.3. The van der Waals surface area contributed by atoms with Gasteiger partial charge in [0.15, 0.2) is 6.29 Å². The second-order valence-electron chi connectivity index (χ2n) is 8.63. The average Bonchev–Trinajstić information content (AvgIpc) is 3.00. The van der Waals surface area contributed by atoms with Gasteiger partial charge in [-0.05, 0) is 42.0 Å². The Balaban J connectivity index is 1.78. The second-order valence-corrected chi connectivity index (χ2v) is 8.63. The topological polar surface area (TPSA) is 61.6 Å². The molecule has 172 valence electrons. The lowest BCUT2D eigenvalue weighted by molar-refractivity contribution is -0.481. The maximum absolute atomic E-state index is 11.7. The van der Waals surface area contributed by atoms with Crippen LogP contribution in [0.15, 0.2) is 72.8 Å². The van der Waals surface area contributed by atoms with Crippen LogP contribution in [0.3, 0.4) is 0 Å². The van der Waals surface area contributed by atoms with Gasteiger partial charge in [0.25, 0.3) is 0 Å². The molecule has 0 spiro atoms. The molecule has 0 bridgehead atoms. The number of nitro groups is 1. The standard InChI is InChI=1S/C28H31NO4/c1-4-26-22-11-7-8-12-23(22)27(5-2)33-28(32-26)24-13-9-6-10-21(24)25(18-29(30)31)20-16-14-19(3)15-17-20/h6-17,25-28H,4-5,18H2,1-3H3/t25-,26-,27-/m0/s1. The van der Waals surface area contributed by atoms with Crippen molar-refractivity contribution in [1.82, 2.24) is 0 Å². The van der Waals surface area contributed by atoms with Crippen LogP contribution in [0.1, 0.15) is 84.5 Å². The molecule has 3 atom stereocenters. The van der Waals surface area contributed by atoms with Crippen molar-refractivity contribution in [1.29, 1.82) is 0 Å². The van der Waals surface area contributed by atoms with Crippen LogP contribution in [0, 0.1) is 17.0 Å². The Morgan fingerprint density at radius 1 is 0.818 bits per heavy atom. The zero-order chi connectivity index (χ0) is 23.4. The fourth-order valence-corrected chi connectivity index (χ4v) is 4.73. The van der Waals surface area contributed by atoms with Gasteiger partial charge in [-0.1, -0.05) is 92.2 Å². The highest BCUT2D eigenvalue weighted by Crippen LogP contribution is 2.44. The Kier molecular flexibility index (Phi) is 7.21. The highest BCUT2D eigenvalue weighted by molar-refractivity contribution is 5.40. The van der Waals surface area contributed by atoms with E-state index in [1.54, 1.807) is 0 Å². The van der Waals surface area contributed by atoms with Crippen molar-refractivity contribution in [2.45, 2.75) is 58.0 Å². The molecule has 4 rings (SSSR count). The molecule has 33 heavy (non-hydrogen) atoms. The molecule has 1 aliphatic rings. The molecule has 0 aromatic heterocycles. The Morgan fingerprint density at radius 3 is 1.85 bits per heavy atom. The van der Waals surface area contributed by atoms with Gasteiger partial charge >= 0.3 is 0 Å². The summed E-state index contributed by atoms with van der Waals surface area (Å²) in [5, 5.41) is 11.7. The van der Waals surface area contributed by atoms with Crippen LogP contribution in [-0.4, -0.2) is 11.5 Å². The molecule has 3 aromatic carbocycles. The van der Waals surface area contributed by atoms with E-state index in [0.717, 1.165) is 46.2 Å². The van der Waals surface area contributed by atoms with Gasteiger partial charge in [-0.3, -0.25) is 10.1 Å². The molecular weight excluding hydrogens is 414 g/mol. The van der Waals surface area contributed by atoms with E-state index in [-0.39, 0.29) is 23.7 Å². The summed E-state index contributed by atoms with van der Waals surface area (Å²) in [7, 11) is 0. The summed E-state index contributed by atoms with van der Waals surface area (Å²) in [6.07, 6.45) is 0.800. The lowest BCUT2D eigenvalue weighted by atomic mass is 9.87. The van der Waals surface area contributed by atoms with Gasteiger partial charge in [0.05, 0.1) is 18.1 Å². The molecule has 1 heterocycles. The summed E-state index contributed by atoms with van der Waals surface area (Å²) in [5.74, 6) is -0.394. The van der Waals surface area contributed by atoms with Gasteiger partial charge in [0.2, 0.25) is 6.54 Å². The van der Waals surface area contributed by atoms with E-state index in [1.165, 1.54) is 0 Å². The van der Waals surface area contributed by atoms with Crippen molar-refractivity contribution in [3.8, 4) is 0 Å². The number of fused-ring (bicyclic) bond motifs is 1. The molecule has 0 N–H and O–H groups in total. The lowest BCUT2D eigenvalue weighted by Gasteiger charge is -2.27. The summed E-state index contributed by atoms with van der Waals surface area (Å²) >= 11 is 0. The Labute approximate surface area is 195 Å². The molecule has 0 fully saturated rings. The molecule has 0 amide bonds. The van der Waals surface area contributed by atoms with Crippen molar-refractivity contribution in [3.63, 3.8) is 0 Å². The first-order valence-electron chi connectivity index (χ1n) is 11.7. The molecule has 0 saturated heterocycles. The molecule has 5 heteroatoms. The first-order chi connectivity index (χ1) is 16.0. The molecule has 1 aliphatic heterocycles. The minimum atomic E-state index is -0.608. The smallest absolute Gasteiger partial charge is 0.214 e. The Bertz CT molecular complexity index is 1060. The van der Waals surface area contributed by atoms with E-state index < -0.39 is 12.2 Å². The molecule has 0 aliphatic carbocycles. The number of ether oxygens (including phenoxy) is 2. The Morgan fingerprint density at radius 2 is 1.33 bits per heavy atom. The fourth-order valence-electron chi connectivity index (χ4n) is 4.73. The highest BCUT2D eigenvalue weighted by Gasteiger charge is 2.33. The van der Waals surface area contributed by atoms with Crippen LogP contribution >= 0.6 is 0 Å². The number of nitrogens with zero attached hydrogens (tertiary/aromatic N) is 1. The van der Waals surface area contributed by atoms with Crippen molar-refractivity contribution in [2.24, 2.45) is 0 Å². The summed E-state index contributed by atoms with van der Waals surface area (Å²) in [5.41, 5.74) is 6.09. The first-order valence-corrected chi connectivity index (χ1v) is 11.7. The van der Waals surface area contributed by atoms with Crippen LogP contribution < -0.4 is 0 Å². The van der Waals surface area contributed by atoms with Gasteiger partial charge < -0.3 is 9.47 Å². The minimum Gasteiger partial charge on any atom is -0.340 e. The molecule has 0 unspecified atom stereocenters. The van der Waals surface area contributed by atoms with Crippen LogP contribution in [0.2, 0.25) is 0 Å². The Hall–Kier alpha value is -3.02. The van der Waals surface area contributed by atoms with Crippen LogP contribution in [0.25, 0.3) is 0 Å². The first kappa shape index (κ1) is 23.1. The minimum absolute atomic E-state index is 0.107. The average molecular weight is 446 g/mol. The van der Waals surface area contributed by atoms with Gasteiger partial charge in [-0.25, -0.2) is 0 Å². The molecule has 0 radical (unpaired) electrons. The van der Waals surface area contributed by atoms with E-state index in [2.05, 4.69) is 26.0 Å². The summed E-state index contributed by atoms with van der Waals surface area (Å²) in [6.45, 7) is 6.04. The summed E-state index contributed by atoms with van der Waals surface area (Å²) < 4.78 is 13.1. The van der Waals surface area contributed by atoms with E-state index >= 15 is 0 Å². The number of hydrogen-bond acceptors (Lipinski definition) is 4. The highest BCUT2D eigenvalue weighted by atomic mass is 16.7. The molecular formula is C28H31NO4. The maximum atomic E-state index is 11.7. The van der Waals surface area contributed by atoms with Gasteiger partial charge in [0, 0.05) is 10.5 Å². The predicted octanol–water partition coefficient (Wildman–Crippen LogP) is 7.05. The molecule has 5 nitrogen and oxygen atoms in total. The van der Waals surface area contributed by atoms with E-state index in [1.807, 2.05) is 67.6 Å². The lowest BCUT2D eigenvalue weighted by Crippen LogP contribution is -2.19. The van der Waals surface area contributed by atoms with Gasteiger partial charge in [0.1, 0.15) is 0 Å². The van der Waals surface area contributed by atoms with Crippen LogP contribution in [0.4, 0.5) is 0 Å². The zero-order valence-electron chi connectivity index (χ0n) is 19.4.